The number of aromatic nitrogens is 2. The van der Waals surface area contributed by atoms with Crippen LogP contribution in [0.3, 0.4) is 0 Å². The van der Waals surface area contributed by atoms with Crippen molar-refractivity contribution in [2.24, 2.45) is 0 Å². The Morgan fingerprint density at radius 3 is 2.58 bits per heavy atom. The van der Waals surface area contributed by atoms with Crippen molar-refractivity contribution < 1.29 is 4.74 Å². The molecule has 0 aliphatic rings. The molecule has 0 saturated heterocycles. The summed E-state index contributed by atoms with van der Waals surface area (Å²) in [4.78, 5) is 17.0. The monoisotopic (exact) mass is 342 g/mol. The first kappa shape index (κ1) is 16.1. The van der Waals surface area contributed by atoms with E-state index in [1.165, 1.54) is 5.56 Å². The van der Waals surface area contributed by atoms with E-state index in [2.05, 4.69) is 4.98 Å². The molecule has 0 atom stereocenters. The van der Waals surface area contributed by atoms with Gasteiger partial charge in [0.2, 0.25) is 0 Å². The SMILES string of the molecule is Cc1ccc(Oc2ccc3ccn(Cc4cccnc4)c(=O)c3c2)cc1. The van der Waals surface area contributed by atoms with E-state index in [4.69, 9.17) is 4.74 Å². The highest BCUT2D eigenvalue weighted by Crippen LogP contribution is 2.24. The normalized spacial score (nSPS) is 10.8. The average Bonchev–Trinajstić information content (AvgIpc) is 2.67. The minimum Gasteiger partial charge on any atom is -0.457 e. The predicted molar refractivity (Wildman–Crippen MR) is 103 cm³/mol. The Balaban J connectivity index is 1.68. The van der Waals surface area contributed by atoms with E-state index in [1.54, 1.807) is 23.0 Å². The molecule has 2 heterocycles. The summed E-state index contributed by atoms with van der Waals surface area (Å²) in [5.41, 5.74) is 2.12. The van der Waals surface area contributed by atoms with Gasteiger partial charge in [0.1, 0.15) is 11.5 Å². The van der Waals surface area contributed by atoms with Gasteiger partial charge in [-0.3, -0.25) is 9.78 Å². The maximum absolute atomic E-state index is 12.9. The van der Waals surface area contributed by atoms with Crippen molar-refractivity contribution in [3.8, 4) is 11.5 Å². The zero-order chi connectivity index (χ0) is 17.9. The highest BCUT2D eigenvalue weighted by Gasteiger charge is 2.06. The van der Waals surface area contributed by atoms with Gasteiger partial charge in [-0.05, 0) is 54.3 Å². The molecular weight excluding hydrogens is 324 g/mol. The van der Waals surface area contributed by atoms with E-state index >= 15 is 0 Å². The summed E-state index contributed by atoms with van der Waals surface area (Å²) in [7, 11) is 0. The number of hydrogen-bond donors (Lipinski definition) is 0. The Morgan fingerprint density at radius 2 is 1.81 bits per heavy atom. The van der Waals surface area contributed by atoms with Crippen molar-refractivity contribution in [3.05, 3.63) is 101 Å². The molecule has 0 bridgehead atoms. The van der Waals surface area contributed by atoms with Gasteiger partial charge in [-0.15, -0.1) is 0 Å². The lowest BCUT2D eigenvalue weighted by Crippen LogP contribution is -2.20. The Labute approximate surface area is 151 Å². The number of aryl methyl sites for hydroxylation is 1. The molecule has 0 saturated carbocycles. The molecule has 0 aliphatic heterocycles. The van der Waals surface area contributed by atoms with Gasteiger partial charge in [-0.25, -0.2) is 0 Å². The predicted octanol–water partition coefficient (Wildman–Crippen LogP) is 4.55. The topological polar surface area (TPSA) is 44.1 Å². The van der Waals surface area contributed by atoms with E-state index in [-0.39, 0.29) is 5.56 Å². The van der Waals surface area contributed by atoms with Gasteiger partial charge in [-0.1, -0.05) is 29.8 Å². The van der Waals surface area contributed by atoms with Crippen molar-refractivity contribution in [2.45, 2.75) is 13.5 Å². The molecule has 2 aromatic carbocycles. The van der Waals surface area contributed by atoms with E-state index in [9.17, 15) is 4.79 Å². The van der Waals surface area contributed by atoms with Crippen molar-refractivity contribution >= 4 is 10.8 Å². The van der Waals surface area contributed by atoms with Gasteiger partial charge in [0.25, 0.3) is 5.56 Å². The van der Waals surface area contributed by atoms with Crippen LogP contribution in [0.5, 0.6) is 11.5 Å². The summed E-state index contributed by atoms with van der Waals surface area (Å²) in [6.45, 7) is 2.52. The Morgan fingerprint density at radius 1 is 1.00 bits per heavy atom. The van der Waals surface area contributed by atoms with Crippen LogP contribution in [0.15, 0.2) is 84.0 Å². The smallest absolute Gasteiger partial charge is 0.258 e. The second kappa shape index (κ2) is 6.84. The van der Waals surface area contributed by atoms with Gasteiger partial charge in [0.05, 0.1) is 11.9 Å². The number of hydrogen-bond acceptors (Lipinski definition) is 3. The third-order valence-electron chi connectivity index (χ3n) is 4.28. The molecular formula is C22H18N2O2. The first-order valence-corrected chi connectivity index (χ1v) is 8.46. The van der Waals surface area contributed by atoms with E-state index in [0.29, 0.717) is 17.7 Å². The number of fused-ring (bicyclic) bond motifs is 1. The molecule has 0 N–H and O–H groups in total. The van der Waals surface area contributed by atoms with Crippen LogP contribution in [0.4, 0.5) is 0 Å². The van der Waals surface area contributed by atoms with E-state index in [0.717, 1.165) is 16.7 Å². The molecule has 128 valence electrons. The summed E-state index contributed by atoms with van der Waals surface area (Å²) in [5.74, 6) is 1.40. The lowest BCUT2D eigenvalue weighted by Gasteiger charge is -2.10. The second-order valence-corrected chi connectivity index (χ2v) is 6.27. The van der Waals surface area contributed by atoms with Crippen molar-refractivity contribution in [1.29, 1.82) is 0 Å². The Hall–Kier alpha value is -3.40. The van der Waals surface area contributed by atoms with Crippen LogP contribution < -0.4 is 10.3 Å². The van der Waals surface area contributed by atoms with Gasteiger partial charge in [0.15, 0.2) is 0 Å². The van der Waals surface area contributed by atoms with Gasteiger partial charge in [-0.2, -0.15) is 0 Å². The molecule has 0 amide bonds. The second-order valence-electron chi connectivity index (χ2n) is 6.27. The molecule has 0 spiro atoms. The number of benzene rings is 2. The van der Waals surface area contributed by atoms with Gasteiger partial charge >= 0.3 is 0 Å². The molecule has 0 unspecified atom stereocenters. The molecule has 4 rings (SSSR count). The summed E-state index contributed by atoms with van der Waals surface area (Å²) in [6.07, 6.45) is 5.31. The van der Waals surface area contributed by atoms with E-state index < -0.39 is 0 Å². The molecule has 0 aliphatic carbocycles. The number of pyridine rings is 2. The van der Waals surface area contributed by atoms with Crippen LogP contribution in [-0.2, 0) is 6.54 Å². The summed E-state index contributed by atoms with van der Waals surface area (Å²) in [5, 5.41) is 1.54. The van der Waals surface area contributed by atoms with Crippen LogP contribution in [0, 0.1) is 6.92 Å². The zero-order valence-corrected chi connectivity index (χ0v) is 14.4. The van der Waals surface area contributed by atoms with Gasteiger partial charge < -0.3 is 9.30 Å². The number of rotatable bonds is 4. The highest BCUT2D eigenvalue weighted by atomic mass is 16.5. The average molecular weight is 342 g/mol. The first-order chi connectivity index (χ1) is 12.7. The minimum atomic E-state index is -0.0410. The Bertz CT molecular complexity index is 1100. The fraction of sp³-hybridized carbons (Fsp3) is 0.0909. The van der Waals surface area contributed by atoms with Gasteiger partial charge in [0, 0.05) is 18.6 Å². The van der Waals surface area contributed by atoms with Crippen LogP contribution in [0.2, 0.25) is 0 Å². The molecule has 4 heteroatoms. The lowest BCUT2D eigenvalue weighted by atomic mass is 10.1. The lowest BCUT2D eigenvalue weighted by molar-refractivity contribution is 0.483. The summed E-state index contributed by atoms with van der Waals surface area (Å²) >= 11 is 0. The molecule has 4 nitrogen and oxygen atoms in total. The highest BCUT2D eigenvalue weighted by molar-refractivity contribution is 5.82. The number of nitrogens with zero attached hydrogens (tertiary/aromatic N) is 2. The summed E-state index contributed by atoms with van der Waals surface area (Å²) < 4.78 is 7.59. The van der Waals surface area contributed by atoms with Crippen LogP contribution in [-0.4, -0.2) is 9.55 Å². The van der Waals surface area contributed by atoms with Crippen LogP contribution in [0.1, 0.15) is 11.1 Å². The third-order valence-corrected chi connectivity index (χ3v) is 4.28. The standard InChI is InChI=1S/C22H18N2O2/c1-16-4-7-19(8-5-16)26-20-9-6-18-10-12-24(22(25)21(18)13-20)15-17-3-2-11-23-14-17/h2-14H,15H2,1H3. The number of ether oxygens (including phenoxy) is 1. The maximum atomic E-state index is 12.9. The molecule has 0 fully saturated rings. The Kier molecular flexibility index (Phi) is 4.23. The molecule has 4 aromatic rings. The molecule has 0 radical (unpaired) electrons. The van der Waals surface area contributed by atoms with Crippen LogP contribution in [0.25, 0.3) is 10.8 Å². The maximum Gasteiger partial charge on any atom is 0.258 e. The molecule has 2 aromatic heterocycles. The van der Waals surface area contributed by atoms with E-state index in [1.807, 2.05) is 67.7 Å². The largest absolute Gasteiger partial charge is 0.457 e. The van der Waals surface area contributed by atoms with Crippen molar-refractivity contribution in [1.82, 2.24) is 9.55 Å². The van der Waals surface area contributed by atoms with Crippen LogP contribution >= 0.6 is 0 Å². The quantitative estimate of drug-likeness (QED) is 0.547. The van der Waals surface area contributed by atoms with Crippen molar-refractivity contribution in [3.63, 3.8) is 0 Å². The zero-order valence-electron chi connectivity index (χ0n) is 14.4. The minimum absolute atomic E-state index is 0.0410. The van der Waals surface area contributed by atoms with Crippen molar-refractivity contribution in [2.75, 3.05) is 0 Å². The fourth-order valence-corrected chi connectivity index (χ4v) is 2.88. The third kappa shape index (κ3) is 3.35. The fourth-order valence-electron chi connectivity index (χ4n) is 2.88. The summed E-state index contributed by atoms with van der Waals surface area (Å²) in [6, 6.07) is 19.2. The first-order valence-electron chi connectivity index (χ1n) is 8.46. The molecule has 26 heavy (non-hydrogen) atoms.